The predicted octanol–water partition coefficient (Wildman–Crippen LogP) is 5.87. The first kappa shape index (κ1) is 25.4. The van der Waals surface area contributed by atoms with Crippen molar-refractivity contribution in [2.45, 2.75) is 32.4 Å². The molecular formula is C29H23BrN2O6. The van der Waals surface area contributed by atoms with Crippen molar-refractivity contribution in [3.63, 3.8) is 0 Å². The van der Waals surface area contributed by atoms with Crippen LogP contribution in [0.5, 0.6) is 0 Å². The van der Waals surface area contributed by atoms with Crippen molar-refractivity contribution in [1.82, 2.24) is 4.98 Å². The second-order valence-corrected chi connectivity index (χ2v) is 10.0. The molecule has 0 aliphatic carbocycles. The van der Waals surface area contributed by atoms with Crippen molar-refractivity contribution in [2.75, 3.05) is 4.90 Å². The third-order valence-corrected chi connectivity index (χ3v) is 6.58. The first-order valence-corrected chi connectivity index (χ1v) is 12.7. The molecule has 1 aliphatic rings. The molecule has 4 aromatic rings. The third kappa shape index (κ3) is 4.84. The van der Waals surface area contributed by atoms with Gasteiger partial charge in [-0.25, -0.2) is 0 Å². The summed E-state index contributed by atoms with van der Waals surface area (Å²) >= 11 is 3.40. The van der Waals surface area contributed by atoms with E-state index in [1.54, 1.807) is 80.8 Å². The van der Waals surface area contributed by atoms with E-state index in [-0.39, 0.29) is 29.8 Å². The minimum absolute atomic E-state index is 0.00204. The molecule has 3 heterocycles. The molecule has 9 heteroatoms. The largest absolute Gasteiger partial charge is 0.503 e. The van der Waals surface area contributed by atoms with Crippen LogP contribution in [0.1, 0.15) is 41.6 Å². The standard InChI is InChI=1S/C29H23BrN2O6/c1-16(2)37-24(33)12-17-5-8-21(9-6-17)32-26(18-4-3-11-31-15-18)25(28(35)29(32)36)27(34)23-14-19-13-20(30)7-10-22(19)38-23/h3-11,13-16,26,35H,12H2,1-2H3. The molecule has 5 rings (SSSR count). The number of rotatable bonds is 7. The molecule has 192 valence electrons. The predicted molar refractivity (Wildman–Crippen MR) is 144 cm³/mol. The van der Waals surface area contributed by atoms with Gasteiger partial charge in [-0.3, -0.25) is 24.3 Å². The van der Waals surface area contributed by atoms with Crippen molar-refractivity contribution in [3.8, 4) is 0 Å². The monoisotopic (exact) mass is 574 g/mol. The maximum atomic E-state index is 13.7. The molecule has 0 radical (unpaired) electrons. The summed E-state index contributed by atoms with van der Waals surface area (Å²) in [7, 11) is 0. The number of halogens is 1. The smallest absolute Gasteiger partial charge is 0.310 e. The number of aliphatic hydroxyl groups is 1. The second-order valence-electron chi connectivity index (χ2n) is 9.13. The number of carbonyl (C=O) groups is 3. The normalized spacial score (nSPS) is 15.5. The average molecular weight is 575 g/mol. The number of fused-ring (bicyclic) bond motifs is 1. The lowest BCUT2D eigenvalue weighted by atomic mass is 9.95. The van der Waals surface area contributed by atoms with E-state index in [0.717, 1.165) is 4.47 Å². The maximum absolute atomic E-state index is 13.7. The number of ether oxygens (including phenoxy) is 1. The lowest BCUT2D eigenvalue weighted by molar-refractivity contribution is -0.146. The van der Waals surface area contributed by atoms with Crippen LogP contribution < -0.4 is 4.90 Å². The molecule has 1 aliphatic heterocycles. The number of pyridine rings is 1. The third-order valence-electron chi connectivity index (χ3n) is 6.09. The van der Waals surface area contributed by atoms with Crippen LogP contribution >= 0.6 is 15.9 Å². The fourth-order valence-corrected chi connectivity index (χ4v) is 4.84. The summed E-state index contributed by atoms with van der Waals surface area (Å²) in [5, 5.41) is 11.7. The van der Waals surface area contributed by atoms with E-state index < -0.39 is 23.5 Å². The molecule has 0 fully saturated rings. The van der Waals surface area contributed by atoms with Crippen molar-refractivity contribution >= 4 is 50.2 Å². The van der Waals surface area contributed by atoms with Gasteiger partial charge in [-0.1, -0.05) is 34.1 Å². The van der Waals surface area contributed by atoms with Crippen molar-refractivity contribution < 1.29 is 28.6 Å². The first-order chi connectivity index (χ1) is 18.2. The molecule has 0 bridgehead atoms. The minimum Gasteiger partial charge on any atom is -0.503 e. The van der Waals surface area contributed by atoms with E-state index >= 15 is 0 Å². The van der Waals surface area contributed by atoms with Crippen LogP contribution in [0.3, 0.4) is 0 Å². The molecule has 0 saturated heterocycles. The first-order valence-electron chi connectivity index (χ1n) is 11.9. The Morgan fingerprint density at radius 1 is 1.13 bits per heavy atom. The zero-order valence-corrected chi connectivity index (χ0v) is 22.1. The Labute approximate surface area is 226 Å². The Hall–Kier alpha value is -4.24. The molecular weight excluding hydrogens is 552 g/mol. The quantitative estimate of drug-likeness (QED) is 0.217. The number of Topliss-reactive ketones (excluding diaryl/α,β-unsaturated/α-hetero) is 1. The van der Waals surface area contributed by atoms with Crippen molar-refractivity contribution in [2.24, 2.45) is 0 Å². The second kappa shape index (κ2) is 10.3. The average Bonchev–Trinajstić information content (AvgIpc) is 3.42. The Balaban J connectivity index is 1.52. The molecule has 1 atom stereocenters. The van der Waals surface area contributed by atoms with Crippen LogP contribution in [0.4, 0.5) is 5.69 Å². The molecule has 0 spiro atoms. The van der Waals surface area contributed by atoms with Crippen LogP contribution in [0, 0.1) is 0 Å². The van der Waals surface area contributed by atoms with Crippen molar-refractivity contribution in [3.05, 3.63) is 106 Å². The van der Waals surface area contributed by atoms with Gasteiger partial charge in [0.1, 0.15) is 5.58 Å². The zero-order valence-electron chi connectivity index (χ0n) is 20.6. The van der Waals surface area contributed by atoms with Gasteiger partial charge in [-0.15, -0.1) is 0 Å². The highest BCUT2D eigenvalue weighted by Gasteiger charge is 2.45. The molecule has 2 aromatic carbocycles. The number of amides is 1. The van der Waals surface area contributed by atoms with Crippen LogP contribution in [0.2, 0.25) is 0 Å². The fourth-order valence-electron chi connectivity index (χ4n) is 4.46. The number of furan rings is 1. The van der Waals surface area contributed by atoms with Gasteiger partial charge in [0.05, 0.1) is 24.1 Å². The molecule has 2 aromatic heterocycles. The van der Waals surface area contributed by atoms with Crippen LogP contribution in [0.25, 0.3) is 11.0 Å². The molecule has 38 heavy (non-hydrogen) atoms. The summed E-state index contributed by atoms with van der Waals surface area (Å²) in [5.74, 6) is -2.35. The molecule has 0 saturated carbocycles. The van der Waals surface area contributed by atoms with Gasteiger partial charge in [-0.05, 0) is 67.4 Å². The lowest BCUT2D eigenvalue weighted by Gasteiger charge is -2.26. The highest BCUT2D eigenvalue weighted by atomic mass is 79.9. The van der Waals surface area contributed by atoms with E-state index in [4.69, 9.17) is 9.15 Å². The van der Waals surface area contributed by atoms with E-state index in [1.807, 2.05) is 6.07 Å². The number of esters is 1. The summed E-state index contributed by atoms with van der Waals surface area (Å²) in [5.41, 5.74) is 2.07. The SMILES string of the molecule is CC(C)OC(=O)Cc1ccc(N2C(=O)C(O)=C(C(=O)c3cc4cc(Br)ccc4o3)C2c2cccnc2)cc1. The topological polar surface area (TPSA) is 110 Å². The van der Waals surface area contributed by atoms with E-state index in [1.165, 1.54) is 4.90 Å². The highest BCUT2D eigenvalue weighted by Crippen LogP contribution is 2.42. The van der Waals surface area contributed by atoms with Crippen molar-refractivity contribution in [1.29, 1.82) is 0 Å². The van der Waals surface area contributed by atoms with Crippen LogP contribution in [0.15, 0.2) is 93.3 Å². The number of aromatic nitrogens is 1. The number of benzene rings is 2. The summed E-state index contributed by atoms with van der Waals surface area (Å²) in [6.07, 6.45) is 2.98. The highest BCUT2D eigenvalue weighted by molar-refractivity contribution is 9.10. The van der Waals surface area contributed by atoms with Crippen LogP contribution in [-0.2, 0) is 20.7 Å². The van der Waals surface area contributed by atoms with Gasteiger partial charge in [0, 0.05) is 27.9 Å². The number of hydrogen-bond acceptors (Lipinski definition) is 7. The number of aliphatic hydroxyl groups excluding tert-OH is 1. The minimum atomic E-state index is -0.944. The van der Waals surface area contributed by atoms with Gasteiger partial charge in [0.15, 0.2) is 11.5 Å². The van der Waals surface area contributed by atoms with Crippen LogP contribution in [-0.4, -0.2) is 33.9 Å². The molecule has 1 unspecified atom stereocenters. The van der Waals surface area contributed by atoms with E-state index in [9.17, 15) is 19.5 Å². The van der Waals surface area contributed by atoms with Gasteiger partial charge >= 0.3 is 5.97 Å². The Morgan fingerprint density at radius 2 is 1.89 bits per heavy atom. The number of nitrogens with zero attached hydrogens (tertiary/aromatic N) is 2. The summed E-state index contributed by atoms with van der Waals surface area (Å²) in [6, 6.07) is 16.1. The zero-order chi connectivity index (χ0) is 27.0. The lowest BCUT2D eigenvalue weighted by Crippen LogP contribution is -2.31. The number of hydrogen-bond donors (Lipinski definition) is 1. The van der Waals surface area contributed by atoms with E-state index in [2.05, 4.69) is 20.9 Å². The number of anilines is 1. The van der Waals surface area contributed by atoms with E-state index in [0.29, 0.717) is 27.8 Å². The summed E-state index contributed by atoms with van der Waals surface area (Å²) in [6.45, 7) is 3.56. The van der Waals surface area contributed by atoms with Gasteiger partial charge in [0.25, 0.3) is 5.91 Å². The summed E-state index contributed by atoms with van der Waals surface area (Å²) < 4.78 is 11.8. The fraction of sp³-hybridized carbons (Fsp3) is 0.172. The summed E-state index contributed by atoms with van der Waals surface area (Å²) in [4.78, 5) is 44.6. The molecule has 1 N–H and O–H groups in total. The van der Waals surface area contributed by atoms with Gasteiger partial charge < -0.3 is 14.3 Å². The molecule has 1 amide bonds. The Kier molecular flexibility index (Phi) is 6.86. The van der Waals surface area contributed by atoms with Gasteiger partial charge in [-0.2, -0.15) is 0 Å². The number of carbonyl (C=O) groups excluding carboxylic acids is 3. The number of ketones is 1. The maximum Gasteiger partial charge on any atom is 0.310 e. The Morgan fingerprint density at radius 3 is 2.58 bits per heavy atom. The van der Waals surface area contributed by atoms with Gasteiger partial charge in [0.2, 0.25) is 5.78 Å². The molecule has 8 nitrogen and oxygen atoms in total. The Bertz CT molecular complexity index is 1570.